The van der Waals surface area contributed by atoms with Gasteiger partial charge in [-0.3, -0.25) is 4.79 Å². The van der Waals surface area contributed by atoms with E-state index in [1.807, 2.05) is 0 Å². The van der Waals surface area contributed by atoms with Crippen molar-refractivity contribution >= 4 is 21.8 Å². The standard InChI is InChI=1S/C14H21N3O4S/c1-11-14(18)16(12-5-7-13(21-4)8-6-12)9-10-17(11)22(19,20)15(2)3/h5-8,11H,9-10H2,1-4H3/t11-/m0/s1. The monoisotopic (exact) mass is 327 g/mol. The SMILES string of the molecule is COc1ccc(N2CCN(S(=O)(=O)N(C)C)[C@@H](C)C2=O)cc1. The molecule has 0 saturated carbocycles. The molecule has 122 valence electrons. The van der Waals surface area contributed by atoms with E-state index in [1.165, 1.54) is 18.4 Å². The maximum atomic E-state index is 12.5. The third kappa shape index (κ3) is 2.94. The zero-order valence-electron chi connectivity index (χ0n) is 13.2. The van der Waals surface area contributed by atoms with Crippen molar-refractivity contribution in [3.05, 3.63) is 24.3 Å². The smallest absolute Gasteiger partial charge is 0.282 e. The van der Waals surface area contributed by atoms with E-state index < -0.39 is 16.3 Å². The Morgan fingerprint density at radius 3 is 2.27 bits per heavy atom. The number of rotatable bonds is 4. The van der Waals surface area contributed by atoms with Gasteiger partial charge in [0.1, 0.15) is 11.8 Å². The first-order valence-corrected chi connectivity index (χ1v) is 8.33. The van der Waals surface area contributed by atoms with E-state index in [4.69, 9.17) is 4.74 Å². The number of anilines is 1. The van der Waals surface area contributed by atoms with Crippen molar-refractivity contribution in [2.24, 2.45) is 0 Å². The van der Waals surface area contributed by atoms with Gasteiger partial charge in [0.2, 0.25) is 5.91 Å². The summed E-state index contributed by atoms with van der Waals surface area (Å²) < 4.78 is 31.9. The molecule has 1 heterocycles. The summed E-state index contributed by atoms with van der Waals surface area (Å²) in [6.07, 6.45) is 0. The zero-order chi connectivity index (χ0) is 16.5. The number of carbonyl (C=O) groups excluding carboxylic acids is 1. The molecule has 2 rings (SSSR count). The van der Waals surface area contributed by atoms with Crippen LogP contribution >= 0.6 is 0 Å². The van der Waals surface area contributed by atoms with Crippen LogP contribution in [-0.2, 0) is 15.0 Å². The predicted molar refractivity (Wildman–Crippen MR) is 84.1 cm³/mol. The van der Waals surface area contributed by atoms with Crippen molar-refractivity contribution in [2.75, 3.05) is 39.2 Å². The Hall–Kier alpha value is -1.64. The minimum atomic E-state index is -3.60. The molecule has 22 heavy (non-hydrogen) atoms. The van der Waals surface area contributed by atoms with Gasteiger partial charge in [0.05, 0.1) is 7.11 Å². The van der Waals surface area contributed by atoms with E-state index in [0.29, 0.717) is 12.3 Å². The molecule has 1 aromatic rings. The summed E-state index contributed by atoms with van der Waals surface area (Å²) in [5.41, 5.74) is 0.736. The molecule has 0 N–H and O–H groups in total. The molecule has 1 aliphatic rings. The van der Waals surface area contributed by atoms with Crippen LogP contribution in [0.4, 0.5) is 5.69 Å². The van der Waals surface area contributed by atoms with Gasteiger partial charge in [-0.1, -0.05) is 0 Å². The second-order valence-corrected chi connectivity index (χ2v) is 7.36. The van der Waals surface area contributed by atoms with Gasteiger partial charge >= 0.3 is 0 Å². The number of ether oxygens (including phenoxy) is 1. The van der Waals surface area contributed by atoms with Gasteiger partial charge in [0.25, 0.3) is 10.2 Å². The van der Waals surface area contributed by atoms with Crippen LogP contribution in [0.25, 0.3) is 0 Å². The highest BCUT2D eigenvalue weighted by Crippen LogP contribution is 2.24. The van der Waals surface area contributed by atoms with Crippen LogP contribution in [0, 0.1) is 0 Å². The summed E-state index contributed by atoms with van der Waals surface area (Å²) in [6, 6.07) is 6.40. The van der Waals surface area contributed by atoms with Crippen LogP contribution in [0.3, 0.4) is 0 Å². The second-order valence-electron chi connectivity index (χ2n) is 5.26. The average Bonchev–Trinajstić information content (AvgIpc) is 2.49. The molecular formula is C14H21N3O4S. The van der Waals surface area contributed by atoms with E-state index in [0.717, 1.165) is 9.99 Å². The first-order valence-electron chi connectivity index (χ1n) is 6.93. The Labute approximate surface area is 131 Å². The molecule has 1 atom stereocenters. The molecule has 8 heteroatoms. The van der Waals surface area contributed by atoms with Gasteiger partial charge in [-0.05, 0) is 31.2 Å². The summed E-state index contributed by atoms with van der Waals surface area (Å²) >= 11 is 0. The van der Waals surface area contributed by atoms with Gasteiger partial charge in [-0.15, -0.1) is 0 Å². The molecule has 0 radical (unpaired) electrons. The van der Waals surface area contributed by atoms with Crippen LogP contribution < -0.4 is 9.64 Å². The van der Waals surface area contributed by atoms with Crippen molar-refractivity contribution in [3.63, 3.8) is 0 Å². The number of amides is 1. The number of methoxy groups -OCH3 is 1. The van der Waals surface area contributed by atoms with Gasteiger partial charge in [0.15, 0.2) is 0 Å². The fourth-order valence-corrected chi connectivity index (χ4v) is 3.62. The van der Waals surface area contributed by atoms with Gasteiger partial charge < -0.3 is 9.64 Å². The lowest BCUT2D eigenvalue weighted by Gasteiger charge is -2.39. The Morgan fingerprint density at radius 1 is 1.18 bits per heavy atom. The molecule has 0 unspecified atom stereocenters. The Bertz CT molecular complexity index is 643. The van der Waals surface area contributed by atoms with E-state index >= 15 is 0 Å². The summed E-state index contributed by atoms with van der Waals surface area (Å²) in [5.74, 6) is 0.472. The van der Waals surface area contributed by atoms with Gasteiger partial charge in [0, 0.05) is 32.9 Å². The van der Waals surface area contributed by atoms with E-state index in [2.05, 4.69) is 0 Å². The fraction of sp³-hybridized carbons (Fsp3) is 0.500. The summed E-state index contributed by atoms with van der Waals surface area (Å²) in [7, 11) is 0.899. The summed E-state index contributed by atoms with van der Waals surface area (Å²) in [5, 5.41) is 0. The third-order valence-corrected chi connectivity index (χ3v) is 5.76. The lowest BCUT2D eigenvalue weighted by atomic mass is 10.2. The van der Waals surface area contributed by atoms with Crippen LogP contribution in [0.5, 0.6) is 5.75 Å². The Balaban J connectivity index is 2.22. The largest absolute Gasteiger partial charge is 0.497 e. The van der Waals surface area contributed by atoms with Crippen molar-refractivity contribution in [2.45, 2.75) is 13.0 Å². The van der Waals surface area contributed by atoms with Gasteiger partial charge in [-0.2, -0.15) is 17.0 Å². The maximum absolute atomic E-state index is 12.5. The molecule has 7 nitrogen and oxygen atoms in total. The molecular weight excluding hydrogens is 306 g/mol. The number of hydrogen-bond donors (Lipinski definition) is 0. The molecule has 1 aliphatic heterocycles. The van der Waals surface area contributed by atoms with Crippen molar-refractivity contribution in [3.8, 4) is 5.75 Å². The zero-order valence-corrected chi connectivity index (χ0v) is 14.0. The maximum Gasteiger partial charge on any atom is 0.282 e. The number of nitrogens with zero attached hydrogens (tertiary/aromatic N) is 3. The van der Waals surface area contributed by atoms with E-state index in [-0.39, 0.29) is 12.5 Å². The highest BCUT2D eigenvalue weighted by atomic mass is 32.2. The second kappa shape index (κ2) is 6.23. The predicted octanol–water partition coefficient (Wildman–Crippen LogP) is 0.539. The lowest BCUT2D eigenvalue weighted by molar-refractivity contribution is -0.123. The van der Waals surface area contributed by atoms with Crippen LogP contribution in [0.1, 0.15) is 6.92 Å². The van der Waals surface area contributed by atoms with Gasteiger partial charge in [-0.25, -0.2) is 0 Å². The van der Waals surface area contributed by atoms with E-state index in [9.17, 15) is 13.2 Å². The van der Waals surface area contributed by atoms with Crippen molar-refractivity contribution in [1.29, 1.82) is 0 Å². The van der Waals surface area contributed by atoms with Crippen LogP contribution in [0.15, 0.2) is 24.3 Å². The first kappa shape index (κ1) is 16.7. The highest BCUT2D eigenvalue weighted by molar-refractivity contribution is 7.86. The normalized spacial score (nSPS) is 20.5. The molecule has 1 saturated heterocycles. The highest BCUT2D eigenvalue weighted by Gasteiger charge is 2.39. The Kier molecular flexibility index (Phi) is 4.74. The Morgan fingerprint density at radius 2 is 1.77 bits per heavy atom. The van der Waals surface area contributed by atoms with Crippen molar-refractivity contribution < 1.29 is 17.9 Å². The van der Waals surface area contributed by atoms with E-state index in [1.54, 1.807) is 43.2 Å². The number of hydrogen-bond acceptors (Lipinski definition) is 4. The number of benzene rings is 1. The van der Waals surface area contributed by atoms with Crippen LogP contribution in [0.2, 0.25) is 0 Å². The lowest BCUT2D eigenvalue weighted by Crippen LogP contribution is -2.59. The number of carbonyl (C=O) groups is 1. The molecule has 0 aromatic heterocycles. The summed E-state index contributed by atoms with van der Waals surface area (Å²) in [6.45, 7) is 2.20. The van der Waals surface area contributed by atoms with Crippen LogP contribution in [-0.4, -0.2) is 63.3 Å². The molecule has 0 spiro atoms. The molecule has 1 fully saturated rings. The summed E-state index contributed by atoms with van der Waals surface area (Å²) in [4.78, 5) is 14.1. The first-order chi connectivity index (χ1) is 10.3. The molecule has 1 aromatic carbocycles. The quantitative estimate of drug-likeness (QED) is 0.809. The molecule has 1 amide bonds. The topological polar surface area (TPSA) is 70.2 Å². The minimum absolute atomic E-state index is 0.234. The fourth-order valence-electron chi connectivity index (χ4n) is 2.39. The molecule has 0 bridgehead atoms. The molecule has 0 aliphatic carbocycles. The number of piperazine rings is 1. The van der Waals surface area contributed by atoms with Crippen molar-refractivity contribution in [1.82, 2.24) is 8.61 Å². The minimum Gasteiger partial charge on any atom is -0.497 e. The third-order valence-electron chi connectivity index (χ3n) is 3.74. The average molecular weight is 327 g/mol.